The lowest BCUT2D eigenvalue weighted by Crippen LogP contribution is -2.33. The molecule has 0 aromatic heterocycles. The van der Waals surface area contributed by atoms with Crippen LogP contribution in [-0.4, -0.2) is 22.6 Å². The van der Waals surface area contributed by atoms with Gasteiger partial charge in [-0.15, -0.1) is 0 Å². The van der Waals surface area contributed by atoms with Gasteiger partial charge < -0.3 is 10.8 Å². The molecule has 2 rings (SSSR count). The van der Waals surface area contributed by atoms with E-state index in [1.54, 1.807) is 18.2 Å². The molecular weight excluding hydrogens is 294 g/mol. The number of aromatic hydroxyl groups is 1. The van der Waals surface area contributed by atoms with Crippen LogP contribution >= 0.6 is 0 Å². The molecule has 4 N–H and O–H groups in total. The number of hydrogen-bond acceptors (Lipinski definition) is 4. The topological polar surface area (TPSA) is 105 Å². The van der Waals surface area contributed by atoms with Crippen molar-refractivity contribution in [1.82, 2.24) is 5.43 Å². The largest absolute Gasteiger partial charge is 0.507 e. The number of benzene rings is 2. The van der Waals surface area contributed by atoms with Crippen molar-refractivity contribution in [1.29, 1.82) is 0 Å². The first-order valence-corrected chi connectivity index (χ1v) is 7.06. The zero-order valence-corrected chi connectivity index (χ0v) is 12.4. The first kappa shape index (κ1) is 16.2. The molecule has 0 saturated heterocycles. The highest BCUT2D eigenvalue weighted by atomic mass is 16.3. The van der Waals surface area contributed by atoms with Crippen molar-refractivity contribution in [2.45, 2.75) is 12.8 Å². The number of aryl methyl sites for hydroxylation is 1. The summed E-state index contributed by atoms with van der Waals surface area (Å²) in [4.78, 5) is 22.1. The van der Waals surface area contributed by atoms with Crippen LogP contribution in [0.25, 0.3) is 0 Å². The minimum Gasteiger partial charge on any atom is -0.507 e. The Balaban J connectivity index is 2.21. The van der Waals surface area contributed by atoms with Crippen LogP contribution in [0.15, 0.2) is 59.7 Å². The Morgan fingerprint density at radius 3 is 2.35 bits per heavy atom. The van der Waals surface area contributed by atoms with Gasteiger partial charge >= 0.3 is 11.8 Å². The van der Waals surface area contributed by atoms with Gasteiger partial charge in [0.15, 0.2) is 0 Å². The van der Waals surface area contributed by atoms with E-state index in [2.05, 4.69) is 10.5 Å². The molecule has 2 amide bonds. The van der Waals surface area contributed by atoms with Crippen LogP contribution in [-0.2, 0) is 16.0 Å². The number of primary amides is 1. The third-order valence-corrected chi connectivity index (χ3v) is 3.22. The fourth-order valence-corrected chi connectivity index (χ4v) is 2.05. The molecule has 2 aromatic rings. The number of hydrogen-bond donors (Lipinski definition) is 3. The van der Waals surface area contributed by atoms with Crippen LogP contribution in [0.1, 0.15) is 17.5 Å². The van der Waals surface area contributed by atoms with Crippen molar-refractivity contribution in [3.05, 3.63) is 65.7 Å². The molecule has 2 aromatic carbocycles. The predicted molar refractivity (Wildman–Crippen MR) is 86.7 cm³/mol. The first-order valence-electron chi connectivity index (χ1n) is 7.06. The van der Waals surface area contributed by atoms with Crippen LogP contribution in [0.3, 0.4) is 0 Å². The monoisotopic (exact) mass is 311 g/mol. The molecule has 0 aliphatic rings. The van der Waals surface area contributed by atoms with E-state index in [9.17, 15) is 14.7 Å². The van der Waals surface area contributed by atoms with E-state index < -0.39 is 11.8 Å². The van der Waals surface area contributed by atoms with Crippen LogP contribution in [0.5, 0.6) is 5.75 Å². The third-order valence-electron chi connectivity index (χ3n) is 3.22. The molecule has 118 valence electrons. The molecule has 0 atom stereocenters. The van der Waals surface area contributed by atoms with Gasteiger partial charge in [-0.2, -0.15) is 5.10 Å². The Labute approximate surface area is 133 Å². The lowest BCUT2D eigenvalue weighted by atomic mass is 10.0. The minimum atomic E-state index is -1.12. The quantitative estimate of drug-likeness (QED) is 0.441. The van der Waals surface area contributed by atoms with Gasteiger partial charge in [0, 0.05) is 5.56 Å². The average Bonchev–Trinajstić information content (AvgIpc) is 2.56. The van der Waals surface area contributed by atoms with Gasteiger partial charge in [0.25, 0.3) is 0 Å². The van der Waals surface area contributed by atoms with Crippen LogP contribution in [0.2, 0.25) is 0 Å². The molecule has 6 nitrogen and oxygen atoms in total. The number of phenolic OH excluding ortho intramolecular Hbond substituents is 1. The lowest BCUT2D eigenvalue weighted by Gasteiger charge is -2.09. The number of carbonyl (C=O) groups excluding carboxylic acids is 2. The number of nitrogens with two attached hydrogens (primary N) is 1. The van der Waals surface area contributed by atoms with Crippen molar-refractivity contribution < 1.29 is 14.7 Å². The highest BCUT2D eigenvalue weighted by molar-refractivity contribution is 6.34. The Bertz CT molecular complexity index is 727. The maximum Gasteiger partial charge on any atom is 0.329 e. The summed E-state index contributed by atoms with van der Waals surface area (Å²) < 4.78 is 0. The van der Waals surface area contributed by atoms with E-state index >= 15 is 0 Å². The number of rotatable bonds is 5. The number of amides is 2. The second-order valence-corrected chi connectivity index (χ2v) is 4.87. The van der Waals surface area contributed by atoms with Crippen molar-refractivity contribution in [2.75, 3.05) is 0 Å². The Morgan fingerprint density at radius 1 is 1.04 bits per heavy atom. The second kappa shape index (κ2) is 7.74. The average molecular weight is 311 g/mol. The molecule has 0 heterocycles. The standard InChI is InChI=1S/C17H17N3O3/c18-16(22)17(23)20-19-14(13-8-4-5-9-15(13)21)11-10-12-6-2-1-3-7-12/h1-9,21H,10-11H2,(H2,18,22)(H,20,23)/b19-14+. The fourth-order valence-electron chi connectivity index (χ4n) is 2.05. The van der Waals surface area contributed by atoms with E-state index in [1.807, 2.05) is 30.3 Å². The number of para-hydroxylation sites is 1. The molecule has 6 heteroatoms. The third kappa shape index (κ3) is 4.67. The molecule has 23 heavy (non-hydrogen) atoms. The van der Waals surface area contributed by atoms with Crippen LogP contribution < -0.4 is 11.2 Å². The molecule has 0 aliphatic carbocycles. The number of nitrogens with zero attached hydrogens (tertiary/aromatic N) is 1. The maximum atomic E-state index is 11.3. The number of phenols is 1. The van der Waals surface area contributed by atoms with Gasteiger partial charge in [0.2, 0.25) is 0 Å². The number of nitrogens with one attached hydrogen (secondary N) is 1. The van der Waals surface area contributed by atoms with Gasteiger partial charge in [-0.05, 0) is 30.5 Å². The molecule has 0 saturated carbocycles. The lowest BCUT2D eigenvalue weighted by molar-refractivity contribution is -0.137. The number of hydrazone groups is 1. The molecular formula is C17H17N3O3. The van der Waals surface area contributed by atoms with Gasteiger partial charge in [-0.1, -0.05) is 42.5 Å². The van der Waals surface area contributed by atoms with Crippen molar-refractivity contribution >= 4 is 17.5 Å². The maximum absolute atomic E-state index is 11.3. The van der Waals surface area contributed by atoms with E-state index in [-0.39, 0.29) is 5.75 Å². The molecule has 0 spiro atoms. The van der Waals surface area contributed by atoms with E-state index in [4.69, 9.17) is 5.73 Å². The summed E-state index contributed by atoms with van der Waals surface area (Å²) in [6.07, 6.45) is 1.14. The summed E-state index contributed by atoms with van der Waals surface area (Å²) in [5, 5.41) is 13.9. The van der Waals surface area contributed by atoms with Gasteiger partial charge in [0.1, 0.15) is 5.75 Å². The smallest absolute Gasteiger partial charge is 0.329 e. The van der Waals surface area contributed by atoms with E-state index in [0.717, 1.165) is 5.56 Å². The van der Waals surface area contributed by atoms with Crippen LogP contribution in [0, 0.1) is 0 Å². The Morgan fingerprint density at radius 2 is 1.70 bits per heavy atom. The Hall–Kier alpha value is -3.15. The minimum absolute atomic E-state index is 0.0487. The van der Waals surface area contributed by atoms with E-state index in [1.165, 1.54) is 6.07 Å². The molecule has 0 radical (unpaired) electrons. The Kier molecular flexibility index (Phi) is 5.46. The molecule has 0 aliphatic heterocycles. The number of carbonyl (C=O) groups is 2. The SMILES string of the molecule is NC(=O)C(=O)N/N=C(\CCc1ccccc1)c1ccccc1O. The first-order chi connectivity index (χ1) is 11.1. The van der Waals surface area contributed by atoms with Crippen molar-refractivity contribution in [2.24, 2.45) is 10.8 Å². The highest BCUT2D eigenvalue weighted by Gasteiger charge is 2.12. The van der Waals surface area contributed by atoms with Crippen molar-refractivity contribution in [3.8, 4) is 5.75 Å². The second-order valence-electron chi connectivity index (χ2n) is 4.87. The predicted octanol–water partition coefficient (Wildman–Crippen LogP) is 1.33. The molecule has 0 unspecified atom stereocenters. The van der Waals surface area contributed by atoms with Gasteiger partial charge in [0.05, 0.1) is 5.71 Å². The van der Waals surface area contributed by atoms with E-state index in [0.29, 0.717) is 24.1 Å². The van der Waals surface area contributed by atoms with Gasteiger partial charge in [-0.3, -0.25) is 9.59 Å². The fraction of sp³-hybridized carbons (Fsp3) is 0.118. The summed E-state index contributed by atoms with van der Waals surface area (Å²) in [5.41, 5.74) is 9.04. The zero-order valence-electron chi connectivity index (χ0n) is 12.4. The molecule has 0 fully saturated rings. The summed E-state index contributed by atoms with van der Waals surface area (Å²) in [7, 11) is 0. The normalized spacial score (nSPS) is 11.0. The summed E-state index contributed by atoms with van der Waals surface area (Å²) in [6.45, 7) is 0. The summed E-state index contributed by atoms with van der Waals surface area (Å²) in [5.74, 6) is -2.07. The molecule has 0 bridgehead atoms. The van der Waals surface area contributed by atoms with Crippen LogP contribution in [0.4, 0.5) is 0 Å². The highest BCUT2D eigenvalue weighted by Crippen LogP contribution is 2.19. The summed E-state index contributed by atoms with van der Waals surface area (Å²) in [6, 6.07) is 16.4. The van der Waals surface area contributed by atoms with Crippen molar-refractivity contribution in [3.63, 3.8) is 0 Å². The van der Waals surface area contributed by atoms with Gasteiger partial charge in [-0.25, -0.2) is 5.43 Å². The summed E-state index contributed by atoms with van der Waals surface area (Å²) >= 11 is 0. The zero-order chi connectivity index (χ0) is 16.7.